The van der Waals surface area contributed by atoms with Crippen molar-refractivity contribution in [3.05, 3.63) is 102 Å². The molecule has 5 aromatic rings. The molecule has 1 N–H and O–H groups in total. The van der Waals surface area contributed by atoms with Gasteiger partial charge in [-0.1, -0.05) is 93.6 Å². The van der Waals surface area contributed by atoms with Crippen molar-refractivity contribution in [2.75, 3.05) is 24.5 Å². The van der Waals surface area contributed by atoms with Gasteiger partial charge >= 0.3 is 6.09 Å². The van der Waals surface area contributed by atoms with Crippen LogP contribution in [0.4, 0.5) is 10.5 Å². The Morgan fingerprint density at radius 1 is 0.878 bits per heavy atom. The number of ether oxygens (including phenoxy) is 2. The first-order valence-corrected chi connectivity index (χ1v) is 17.2. The molecule has 9 nitrogen and oxygen atoms in total. The minimum Gasteiger partial charge on any atom is -0.473 e. The van der Waals surface area contributed by atoms with Crippen molar-refractivity contribution >= 4 is 22.7 Å². The summed E-state index contributed by atoms with van der Waals surface area (Å²) >= 11 is 0. The van der Waals surface area contributed by atoms with Gasteiger partial charge in [-0.3, -0.25) is 4.68 Å². The molecule has 1 amide bonds. The molecule has 2 saturated heterocycles. The van der Waals surface area contributed by atoms with Gasteiger partial charge in [0, 0.05) is 49.6 Å². The van der Waals surface area contributed by atoms with Crippen LogP contribution in [0.5, 0.6) is 11.8 Å². The van der Waals surface area contributed by atoms with E-state index < -0.39 is 6.09 Å². The Bertz CT molecular complexity index is 1940. The Balaban J connectivity index is 1.27. The molecule has 2 fully saturated rings. The lowest BCUT2D eigenvalue weighted by molar-refractivity contribution is 0.0457. The lowest BCUT2D eigenvalue weighted by Gasteiger charge is -2.50. The zero-order valence-electron chi connectivity index (χ0n) is 28.8. The minimum absolute atomic E-state index is 0.0838. The lowest BCUT2D eigenvalue weighted by Crippen LogP contribution is -2.56. The Morgan fingerprint density at radius 2 is 1.57 bits per heavy atom. The number of aromatic nitrogens is 3. The van der Waals surface area contributed by atoms with E-state index in [4.69, 9.17) is 19.6 Å². The van der Waals surface area contributed by atoms with Crippen molar-refractivity contribution in [2.45, 2.75) is 59.3 Å². The highest BCUT2D eigenvalue weighted by molar-refractivity contribution is 6.01. The molecule has 1 spiro atoms. The first-order chi connectivity index (χ1) is 23.6. The van der Waals surface area contributed by atoms with Crippen LogP contribution in [0.15, 0.2) is 91.0 Å². The van der Waals surface area contributed by atoms with Crippen LogP contribution in [0.25, 0.3) is 22.2 Å². The molecule has 49 heavy (non-hydrogen) atoms. The summed E-state index contributed by atoms with van der Waals surface area (Å²) in [6, 6.07) is 30.5. The number of benzene rings is 3. The molecule has 2 aromatic heterocycles. The molecule has 2 atom stereocenters. The molecule has 7 rings (SSSR count). The molecule has 9 heteroatoms. The number of likely N-dealkylation sites (tertiary alicyclic amines) is 1. The monoisotopic (exact) mass is 659 g/mol. The van der Waals surface area contributed by atoms with Crippen LogP contribution in [0.2, 0.25) is 0 Å². The summed E-state index contributed by atoms with van der Waals surface area (Å²) in [5.74, 6) is 0.943. The van der Waals surface area contributed by atoms with Gasteiger partial charge in [0.25, 0.3) is 0 Å². The van der Waals surface area contributed by atoms with E-state index in [1.165, 1.54) is 0 Å². The predicted molar refractivity (Wildman–Crippen MR) is 192 cm³/mol. The van der Waals surface area contributed by atoms with Crippen LogP contribution in [0.3, 0.4) is 0 Å². The number of rotatable bonds is 8. The number of para-hydroxylation sites is 1. The second-order valence-corrected chi connectivity index (χ2v) is 14.6. The molecule has 0 bridgehead atoms. The van der Waals surface area contributed by atoms with Crippen LogP contribution in [-0.4, -0.2) is 56.5 Å². The number of hydrogen-bond donors (Lipinski definition) is 1. The predicted octanol–water partition coefficient (Wildman–Crippen LogP) is 8.18. The topological polar surface area (TPSA) is 93.0 Å². The second-order valence-electron chi connectivity index (χ2n) is 14.6. The van der Waals surface area contributed by atoms with Crippen LogP contribution in [-0.2, 0) is 20.3 Å². The summed E-state index contributed by atoms with van der Waals surface area (Å²) < 4.78 is 14.5. The van der Waals surface area contributed by atoms with Gasteiger partial charge in [-0.25, -0.2) is 4.79 Å². The van der Waals surface area contributed by atoms with Gasteiger partial charge in [0.15, 0.2) is 0 Å². The SMILES string of the molecule is Cn1nc(-c2ccc(OCc3ccccc3)nc2OCc2ccccc2)c2cccc(N3CCC4(CCCN(C(=O)O)C4)C3C(C)(C)C)c21. The van der Waals surface area contributed by atoms with Crippen LogP contribution < -0.4 is 14.4 Å². The Labute approximate surface area is 288 Å². The summed E-state index contributed by atoms with van der Waals surface area (Å²) in [4.78, 5) is 21.1. The largest absolute Gasteiger partial charge is 0.473 e. The van der Waals surface area contributed by atoms with Crippen molar-refractivity contribution in [2.24, 2.45) is 17.9 Å². The lowest BCUT2D eigenvalue weighted by atomic mass is 9.65. The first-order valence-electron chi connectivity index (χ1n) is 17.2. The van der Waals surface area contributed by atoms with Crippen LogP contribution in [0.1, 0.15) is 51.2 Å². The van der Waals surface area contributed by atoms with Crippen LogP contribution in [0, 0.1) is 10.8 Å². The van der Waals surface area contributed by atoms with Crippen molar-refractivity contribution in [1.29, 1.82) is 0 Å². The van der Waals surface area contributed by atoms with Crippen molar-refractivity contribution in [3.63, 3.8) is 0 Å². The van der Waals surface area contributed by atoms with Gasteiger partial charge in [-0.05, 0) is 47.9 Å². The maximum atomic E-state index is 12.1. The zero-order valence-corrected chi connectivity index (χ0v) is 28.8. The summed E-state index contributed by atoms with van der Waals surface area (Å²) in [6.45, 7) is 9.65. The third-order valence-corrected chi connectivity index (χ3v) is 10.1. The summed E-state index contributed by atoms with van der Waals surface area (Å²) in [5.41, 5.74) is 5.64. The average Bonchev–Trinajstić information content (AvgIpc) is 3.64. The fourth-order valence-corrected chi connectivity index (χ4v) is 8.33. The van der Waals surface area contributed by atoms with Gasteiger partial charge in [-0.15, -0.1) is 0 Å². The van der Waals surface area contributed by atoms with Crippen molar-refractivity contribution in [1.82, 2.24) is 19.7 Å². The van der Waals surface area contributed by atoms with Crippen molar-refractivity contribution < 1.29 is 19.4 Å². The molecule has 254 valence electrons. The number of pyridine rings is 1. The number of anilines is 1. The van der Waals surface area contributed by atoms with E-state index in [-0.39, 0.29) is 16.9 Å². The van der Waals surface area contributed by atoms with E-state index in [1.54, 1.807) is 4.90 Å². The van der Waals surface area contributed by atoms with Gasteiger partial charge < -0.3 is 24.4 Å². The van der Waals surface area contributed by atoms with Gasteiger partial charge in [0.2, 0.25) is 11.8 Å². The number of aryl methyl sites for hydroxylation is 1. The van der Waals surface area contributed by atoms with E-state index in [2.05, 4.69) is 43.9 Å². The Hall–Kier alpha value is -5.05. The third kappa shape index (κ3) is 6.42. The van der Waals surface area contributed by atoms with Crippen LogP contribution >= 0.6 is 0 Å². The number of amides is 1. The van der Waals surface area contributed by atoms with E-state index in [0.29, 0.717) is 38.1 Å². The standard InChI is InChI=1S/C40H45N5O4/c1-39(2,3)37-40(21-12-23-44(27-40)38(46)47)22-24-45(37)32-18-11-17-30-34(42-43(4)35(30)32)31-19-20-33(48-25-28-13-7-5-8-14-28)41-36(31)49-26-29-15-9-6-10-16-29/h5-11,13-20,37H,12,21-27H2,1-4H3,(H,46,47). The van der Waals surface area contributed by atoms with E-state index in [9.17, 15) is 9.90 Å². The number of nitrogens with zero attached hydrogens (tertiary/aromatic N) is 5. The van der Waals surface area contributed by atoms with E-state index in [1.807, 2.05) is 84.5 Å². The number of carbonyl (C=O) groups is 1. The first kappa shape index (κ1) is 32.5. The maximum absolute atomic E-state index is 12.1. The minimum atomic E-state index is -0.820. The highest BCUT2D eigenvalue weighted by Crippen LogP contribution is 2.53. The molecule has 0 radical (unpaired) electrons. The van der Waals surface area contributed by atoms with Gasteiger partial charge in [0.1, 0.15) is 18.9 Å². The third-order valence-electron chi connectivity index (χ3n) is 10.1. The normalized spacial score (nSPS) is 19.5. The smallest absolute Gasteiger partial charge is 0.407 e. The Kier molecular flexibility index (Phi) is 8.69. The molecule has 4 heterocycles. The molecule has 2 aliphatic rings. The number of hydrogen-bond acceptors (Lipinski definition) is 6. The highest BCUT2D eigenvalue weighted by atomic mass is 16.5. The maximum Gasteiger partial charge on any atom is 0.407 e. The summed E-state index contributed by atoms with van der Waals surface area (Å²) in [7, 11) is 2.00. The van der Waals surface area contributed by atoms with Gasteiger partial charge in [-0.2, -0.15) is 10.1 Å². The number of fused-ring (bicyclic) bond motifs is 1. The average molecular weight is 660 g/mol. The summed E-state index contributed by atoms with van der Waals surface area (Å²) in [5, 5.41) is 16.1. The molecular weight excluding hydrogens is 614 g/mol. The molecule has 0 aliphatic carbocycles. The molecule has 2 unspecified atom stereocenters. The molecule has 0 saturated carbocycles. The Morgan fingerprint density at radius 3 is 2.24 bits per heavy atom. The molecular formula is C40H45N5O4. The summed E-state index contributed by atoms with van der Waals surface area (Å²) in [6.07, 6.45) is 2.04. The second kappa shape index (κ2) is 13.1. The number of carboxylic acid groups (broad SMARTS) is 1. The number of piperidine rings is 1. The highest BCUT2D eigenvalue weighted by Gasteiger charge is 2.54. The fourth-order valence-electron chi connectivity index (χ4n) is 8.33. The zero-order chi connectivity index (χ0) is 34.2. The molecule has 3 aromatic carbocycles. The van der Waals surface area contributed by atoms with E-state index in [0.717, 1.165) is 64.8 Å². The van der Waals surface area contributed by atoms with Gasteiger partial charge in [0.05, 0.1) is 16.8 Å². The quantitative estimate of drug-likeness (QED) is 0.180. The van der Waals surface area contributed by atoms with E-state index >= 15 is 0 Å². The van der Waals surface area contributed by atoms with Crippen molar-refractivity contribution in [3.8, 4) is 23.0 Å². The molecule has 2 aliphatic heterocycles. The fraction of sp³-hybridized carbons (Fsp3) is 0.375.